The van der Waals surface area contributed by atoms with Gasteiger partial charge in [-0.05, 0) is 25.7 Å². The third-order valence-corrected chi connectivity index (χ3v) is 3.69. The zero-order valence-electron chi connectivity index (χ0n) is 14.0. The van der Waals surface area contributed by atoms with Crippen molar-refractivity contribution >= 4 is 5.97 Å². The van der Waals surface area contributed by atoms with Crippen molar-refractivity contribution < 1.29 is 14.6 Å². The highest BCUT2D eigenvalue weighted by Crippen LogP contribution is 2.10. The number of aliphatic hydroxyl groups excluding tert-OH is 1. The first-order valence-electron chi connectivity index (χ1n) is 8.60. The number of unbranched alkanes of at least 4 members (excludes halogenated alkanes) is 8. The van der Waals surface area contributed by atoms with E-state index in [0.717, 1.165) is 12.8 Å². The number of hydrogen-bond acceptors (Lipinski definition) is 3. The molecule has 3 nitrogen and oxygen atoms in total. The smallest absolute Gasteiger partial charge is 0.308 e. The summed E-state index contributed by atoms with van der Waals surface area (Å²) in [5, 5.41) is 9.58. The van der Waals surface area contributed by atoms with Gasteiger partial charge in [0.25, 0.3) is 0 Å². The Morgan fingerprint density at radius 1 is 1.00 bits per heavy atom. The Hall–Kier alpha value is -0.830. The fourth-order valence-electron chi connectivity index (χ4n) is 2.30. The summed E-state index contributed by atoms with van der Waals surface area (Å²) in [7, 11) is 1.35. The standard InChI is InChI=1S/C18H34O3/c1-3-4-5-6-7-8-9-10-11-12-13-14-15-17(19)16-18(20)21-2/h12-13,17,19H,3-11,14-16H2,1-2H3/b13-12+/t17-/m1/s1. The topological polar surface area (TPSA) is 46.5 Å². The van der Waals surface area contributed by atoms with E-state index in [2.05, 4.69) is 23.8 Å². The summed E-state index contributed by atoms with van der Waals surface area (Å²) in [5.41, 5.74) is 0. The number of aliphatic hydroxyl groups is 1. The van der Waals surface area contributed by atoms with Crippen LogP contribution in [0.5, 0.6) is 0 Å². The predicted molar refractivity (Wildman–Crippen MR) is 88.2 cm³/mol. The zero-order valence-corrected chi connectivity index (χ0v) is 14.0. The molecule has 0 aliphatic rings. The lowest BCUT2D eigenvalue weighted by atomic mass is 10.1. The number of methoxy groups -OCH3 is 1. The number of rotatable bonds is 14. The van der Waals surface area contributed by atoms with Crippen LogP contribution in [0.4, 0.5) is 0 Å². The third-order valence-electron chi connectivity index (χ3n) is 3.69. The van der Waals surface area contributed by atoms with E-state index in [1.807, 2.05) is 0 Å². The molecule has 0 aromatic heterocycles. The van der Waals surface area contributed by atoms with Crippen LogP contribution >= 0.6 is 0 Å². The molecule has 0 radical (unpaired) electrons. The molecule has 21 heavy (non-hydrogen) atoms. The first-order chi connectivity index (χ1) is 10.2. The molecule has 0 heterocycles. The number of hydrogen-bond donors (Lipinski definition) is 1. The van der Waals surface area contributed by atoms with Gasteiger partial charge in [-0.1, -0.05) is 64.0 Å². The van der Waals surface area contributed by atoms with Gasteiger partial charge < -0.3 is 9.84 Å². The molecule has 124 valence electrons. The van der Waals surface area contributed by atoms with Crippen LogP contribution in [0.1, 0.15) is 84.0 Å². The van der Waals surface area contributed by atoms with Crippen LogP contribution < -0.4 is 0 Å². The molecule has 0 amide bonds. The normalized spacial score (nSPS) is 12.7. The second kappa shape index (κ2) is 15.6. The summed E-state index contributed by atoms with van der Waals surface area (Å²) in [5.74, 6) is -0.342. The fraction of sp³-hybridized carbons (Fsp3) is 0.833. The van der Waals surface area contributed by atoms with Crippen LogP contribution in [-0.2, 0) is 9.53 Å². The van der Waals surface area contributed by atoms with Gasteiger partial charge in [0.2, 0.25) is 0 Å². The minimum absolute atomic E-state index is 0.0996. The highest BCUT2D eigenvalue weighted by molar-refractivity contribution is 5.69. The van der Waals surface area contributed by atoms with Crippen LogP contribution in [0, 0.1) is 0 Å². The molecule has 0 saturated heterocycles. The lowest BCUT2D eigenvalue weighted by Crippen LogP contribution is -2.13. The van der Waals surface area contributed by atoms with Crippen molar-refractivity contribution in [2.75, 3.05) is 7.11 Å². The summed E-state index contributed by atoms with van der Waals surface area (Å²) in [4.78, 5) is 10.9. The number of esters is 1. The molecule has 0 aromatic rings. The van der Waals surface area contributed by atoms with Gasteiger partial charge in [-0.15, -0.1) is 0 Å². The Balaban J connectivity index is 3.27. The summed E-state index contributed by atoms with van der Waals surface area (Å²) >= 11 is 0. The first kappa shape index (κ1) is 20.2. The Morgan fingerprint density at radius 2 is 1.57 bits per heavy atom. The van der Waals surface area contributed by atoms with Gasteiger partial charge in [0.1, 0.15) is 0 Å². The largest absolute Gasteiger partial charge is 0.469 e. The molecule has 0 rings (SSSR count). The highest BCUT2D eigenvalue weighted by atomic mass is 16.5. The summed E-state index contributed by atoms with van der Waals surface area (Å²) in [6.45, 7) is 2.25. The summed E-state index contributed by atoms with van der Waals surface area (Å²) in [6, 6.07) is 0. The van der Waals surface area contributed by atoms with Crippen molar-refractivity contribution in [2.24, 2.45) is 0 Å². The van der Waals surface area contributed by atoms with E-state index in [4.69, 9.17) is 0 Å². The monoisotopic (exact) mass is 298 g/mol. The SMILES string of the molecule is CCCCCCCCCC/C=C/CC[C@@H](O)CC(=O)OC. The van der Waals surface area contributed by atoms with Gasteiger partial charge in [-0.2, -0.15) is 0 Å². The van der Waals surface area contributed by atoms with Gasteiger partial charge in [0.15, 0.2) is 0 Å². The van der Waals surface area contributed by atoms with Gasteiger partial charge >= 0.3 is 5.97 Å². The lowest BCUT2D eigenvalue weighted by molar-refractivity contribution is -0.142. The lowest BCUT2D eigenvalue weighted by Gasteiger charge is -2.06. The molecule has 0 bridgehead atoms. The van der Waals surface area contributed by atoms with Crippen molar-refractivity contribution in [3.8, 4) is 0 Å². The van der Waals surface area contributed by atoms with E-state index in [9.17, 15) is 9.90 Å². The second-order valence-electron chi connectivity index (χ2n) is 5.75. The molecule has 0 saturated carbocycles. The van der Waals surface area contributed by atoms with Crippen molar-refractivity contribution in [3.63, 3.8) is 0 Å². The quantitative estimate of drug-likeness (QED) is 0.285. The molecular formula is C18H34O3. The van der Waals surface area contributed by atoms with E-state index in [1.54, 1.807) is 0 Å². The zero-order chi connectivity index (χ0) is 15.8. The predicted octanol–water partition coefficient (Wildman–Crippen LogP) is 4.78. The molecule has 0 unspecified atom stereocenters. The molecule has 0 spiro atoms. The molecule has 1 atom stereocenters. The van der Waals surface area contributed by atoms with Gasteiger partial charge in [0, 0.05) is 0 Å². The Kier molecular flexibility index (Phi) is 14.9. The highest BCUT2D eigenvalue weighted by Gasteiger charge is 2.09. The van der Waals surface area contributed by atoms with Crippen molar-refractivity contribution in [2.45, 2.75) is 90.1 Å². The number of carbonyl (C=O) groups excluding carboxylic acids is 1. The van der Waals surface area contributed by atoms with Crippen LogP contribution in [-0.4, -0.2) is 24.3 Å². The Bertz CT molecular complexity index is 261. The number of carbonyl (C=O) groups is 1. The molecule has 0 aromatic carbocycles. The molecule has 0 fully saturated rings. The minimum Gasteiger partial charge on any atom is -0.469 e. The van der Waals surface area contributed by atoms with E-state index in [0.29, 0.717) is 6.42 Å². The van der Waals surface area contributed by atoms with Gasteiger partial charge in [-0.25, -0.2) is 0 Å². The van der Waals surface area contributed by atoms with E-state index >= 15 is 0 Å². The van der Waals surface area contributed by atoms with Gasteiger partial charge in [0.05, 0.1) is 19.6 Å². The maximum absolute atomic E-state index is 10.9. The van der Waals surface area contributed by atoms with Crippen LogP contribution in [0.2, 0.25) is 0 Å². The molecule has 0 aliphatic heterocycles. The molecular weight excluding hydrogens is 264 g/mol. The average Bonchev–Trinajstić information content (AvgIpc) is 2.48. The van der Waals surface area contributed by atoms with Crippen LogP contribution in [0.25, 0.3) is 0 Å². The minimum atomic E-state index is -0.578. The van der Waals surface area contributed by atoms with Crippen LogP contribution in [0.3, 0.4) is 0 Å². The van der Waals surface area contributed by atoms with Crippen molar-refractivity contribution in [1.29, 1.82) is 0 Å². The summed E-state index contributed by atoms with van der Waals surface area (Å²) in [6.07, 6.45) is 17.2. The maximum Gasteiger partial charge on any atom is 0.308 e. The summed E-state index contributed by atoms with van der Waals surface area (Å²) < 4.78 is 4.52. The number of ether oxygens (including phenoxy) is 1. The molecule has 0 aliphatic carbocycles. The molecule has 3 heteroatoms. The van der Waals surface area contributed by atoms with Crippen molar-refractivity contribution in [3.05, 3.63) is 12.2 Å². The second-order valence-corrected chi connectivity index (χ2v) is 5.75. The maximum atomic E-state index is 10.9. The van der Waals surface area contributed by atoms with Crippen LogP contribution in [0.15, 0.2) is 12.2 Å². The Labute approximate surface area is 130 Å². The molecule has 1 N–H and O–H groups in total. The van der Waals surface area contributed by atoms with E-state index in [-0.39, 0.29) is 12.4 Å². The van der Waals surface area contributed by atoms with Gasteiger partial charge in [-0.3, -0.25) is 4.79 Å². The van der Waals surface area contributed by atoms with E-state index < -0.39 is 6.10 Å². The Morgan fingerprint density at radius 3 is 2.19 bits per heavy atom. The third kappa shape index (κ3) is 15.4. The fourth-order valence-corrected chi connectivity index (χ4v) is 2.30. The average molecular weight is 298 g/mol. The first-order valence-corrected chi connectivity index (χ1v) is 8.60. The van der Waals surface area contributed by atoms with Crippen molar-refractivity contribution in [1.82, 2.24) is 0 Å². The van der Waals surface area contributed by atoms with E-state index in [1.165, 1.54) is 58.5 Å². The number of allylic oxidation sites excluding steroid dienone is 2.